The Kier molecular flexibility index (Phi) is 3.97. The van der Waals surface area contributed by atoms with E-state index in [4.69, 9.17) is 12.2 Å². The topological polar surface area (TPSA) is 24.0 Å². The predicted molar refractivity (Wildman–Crippen MR) is 71.5 cm³/mol. The lowest BCUT2D eigenvalue weighted by Crippen LogP contribution is -2.42. The molecule has 0 aliphatic carbocycles. The van der Waals surface area contributed by atoms with Crippen molar-refractivity contribution in [1.29, 1.82) is 0 Å². The Hall–Kier alpha value is -0.610. The van der Waals surface area contributed by atoms with Crippen molar-refractivity contribution in [3.8, 4) is 0 Å². The van der Waals surface area contributed by atoms with E-state index in [0.29, 0.717) is 5.92 Å². The number of nitrogens with zero attached hydrogens (tertiary/aromatic N) is 2. The fourth-order valence-corrected chi connectivity index (χ4v) is 1.81. The summed E-state index contributed by atoms with van der Waals surface area (Å²) in [5.74, 6) is 0.492. The van der Waals surface area contributed by atoms with Crippen LogP contribution in [0.25, 0.3) is 0 Å². The third kappa shape index (κ3) is 2.74. The molecular formula is C12H23N3S. The van der Waals surface area contributed by atoms with Gasteiger partial charge in [0.2, 0.25) is 0 Å². The molecule has 0 atom stereocenters. The minimum Gasteiger partial charge on any atom is -0.337 e. The molecule has 1 aromatic rings. The summed E-state index contributed by atoms with van der Waals surface area (Å²) >= 11 is 5.34. The van der Waals surface area contributed by atoms with Crippen LogP contribution in [0.2, 0.25) is 0 Å². The zero-order chi connectivity index (χ0) is 12.5. The SMILES string of the molecule is CC(C)c1c[nH]c(=S)n1CC(C)(C)N(C)C. The van der Waals surface area contributed by atoms with Gasteiger partial charge in [0.15, 0.2) is 4.77 Å². The Morgan fingerprint density at radius 1 is 1.44 bits per heavy atom. The van der Waals surface area contributed by atoms with Gasteiger partial charge in [-0.3, -0.25) is 0 Å². The summed E-state index contributed by atoms with van der Waals surface area (Å²) in [6.07, 6.45) is 2.03. The maximum atomic E-state index is 5.34. The Balaban J connectivity index is 3.05. The van der Waals surface area contributed by atoms with Gasteiger partial charge in [-0.25, -0.2) is 0 Å². The summed E-state index contributed by atoms with van der Waals surface area (Å²) in [6.45, 7) is 9.75. The first-order valence-corrected chi connectivity index (χ1v) is 6.12. The lowest BCUT2D eigenvalue weighted by molar-refractivity contribution is 0.167. The van der Waals surface area contributed by atoms with Crippen LogP contribution in [-0.2, 0) is 6.54 Å². The van der Waals surface area contributed by atoms with Crippen molar-refractivity contribution in [2.75, 3.05) is 14.1 Å². The quantitative estimate of drug-likeness (QED) is 0.819. The number of aromatic amines is 1. The number of imidazole rings is 1. The first-order valence-electron chi connectivity index (χ1n) is 5.71. The van der Waals surface area contributed by atoms with E-state index in [1.54, 1.807) is 0 Å². The zero-order valence-electron chi connectivity index (χ0n) is 11.2. The highest BCUT2D eigenvalue weighted by molar-refractivity contribution is 7.71. The number of hydrogen-bond acceptors (Lipinski definition) is 2. The second kappa shape index (κ2) is 4.72. The van der Waals surface area contributed by atoms with E-state index in [1.165, 1.54) is 5.69 Å². The number of nitrogens with one attached hydrogen (secondary N) is 1. The van der Waals surface area contributed by atoms with E-state index >= 15 is 0 Å². The van der Waals surface area contributed by atoms with E-state index < -0.39 is 0 Å². The van der Waals surface area contributed by atoms with Crippen molar-refractivity contribution >= 4 is 12.2 Å². The van der Waals surface area contributed by atoms with Gasteiger partial charge in [0.25, 0.3) is 0 Å². The smallest absolute Gasteiger partial charge is 0.177 e. The molecule has 0 saturated heterocycles. The van der Waals surface area contributed by atoms with E-state index in [1.807, 2.05) is 6.20 Å². The van der Waals surface area contributed by atoms with E-state index in [2.05, 4.69) is 56.2 Å². The van der Waals surface area contributed by atoms with Gasteiger partial charge in [-0.05, 0) is 46.1 Å². The minimum absolute atomic E-state index is 0.101. The lowest BCUT2D eigenvalue weighted by atomic mass is 10.0. The van der Waals surface area contributed by atoms with Gasteiger partial charge in [0.05, 0.1) is 0 Å². The molecule has 16 heavy (non-hydrogen) atoms. The minimum atomic E-state index is 0.101. The van der Waals surface area contributed by atoms with Gasteiger partial charge in [-0.15, -0.1) is 0 Å². The zero-order valence-corrected chi connectivity index (χ0v) is 12.0. The van der Waals surface area contributed by atoms with Gasteiger partial charge in [-0.2, -0.15) is 0 Å². The molecule has 0 unspecified atom stereocenters. The maximum absolute atomic E-state index is 5.34. The van der Waals surface area contributed by atoms with Crippen LogP contribution in [0, 0.1) is 4.77 Å². The van der Waals surface area contributed by atoms with Crippen LogP contribution < -0.4 is 0 Å². The molecule has 0 fully saturated rings. The monoisotopic (exact) mass is 241 g/mol. The molecule has 1 heterocycles. The molecule has 1 aromatic heterocycles. The summed E-state index contributed by atoms with van der Waals surface area (Å²) in [7, 11) is 4.20. The van der Waals surface area contributed by atoms with Crippen molar-refractivity contribution in [2.24, 2.45) is 0 Å². The van der Waals surface area contributed by atoms with Gasteiger partial charge in [0, 0.05) is 24.0 Å². The Morgan fingerprint density at radius 2 is 2.00 bits per heavy atom. The van der Waals surface area contributed by atoms with Crippen LogP contribution >= 0.6 is 12.2 Å². The van der Waals surface area contributed by atoms with Crippen molar-refractivity contribution < 1.29 is 0 Å². The molecule has 0 amide bonds. The first kappa shape index (κ1) is 13.5. The lowest BCUT2D eigenvalue weighted by Gasteiger charge is -2.33. The highest BCUT2D eigenvalue weighted by atomic mass is 32.1. The van der Waals surface area contributed by atoms with Crippen molar-refractivity contribution in [2.45, 2.75) is 45.7 Å². The molecule has 0 spiro atoms. The molecule has 92 valence electrons. The molecular weight excluding hydrogens is 218 g/mol. The third-order valence-corrected chi connectivity index (χ3v) is 3.59. The highest BCUT2D eigenvalue weighted by Crippen LogP contribution is 2.20. The Labute approximate surface area is 103 Å². The number of rotatable bonds is 4. The molecule has 0 bridgehead atoms. The molecule has 0 aromatic carbocycles. The maximum Gasteiger partial charge on any atom is 0.177 e. The highest BCUT2D eigenvalue weighted by Gasteiger charge is 2.23. The molecule has 1 rings (SSSR count). The summed E-state index contributed by atoms with van der Waals surface area (Å²) in [5, 5.41) is 0. The van der Waals surface area contributed by atoms with Gasteiger partial charge in [-0.1, -0.05) is 13.8 Å². The van der Waals surface area contributed by atoms with Crippen LogP contribution in [-0.4, -0.2) is 34.1 Å². The molecule has 4 heteroatoms. The number of likely N-dealkylation sites (N-methyl/N-ethyl adjacent to an activating group) is 1. The average molecular weight is 241 g/mol. The van der Waals surface area contributed by atoms with Crippen molar-refractivity contribution in [3.63, 3.8) is 0 Å². The second-order valence-electron chi connectivity index (χ2n) is 5.47. The first-order chi connectivity index (χ1) is 7.25. The third-order valence-electron chi connectivity index (χ3n) is 3.25. The molecule has 0 radical (unpaired) electrons. The van der Waals surface area contributed by atoms with Gasteiger partial charge < -0.3 is 14.5 Å². The summed E-state index contributed by atoms with van der Waals surface area (Å²) in [5.41, 5.74) is 1.38. The van der Waals surface area contributed by atoms with Crippen molar-refractivity contribution in [1.82, 2.24) is 14.5 Å². The average Bonchev–Trinajstić information content (AvgIpc) is 2.47. The Bertz CT molecular complexity index is 399. The number of aromatic nitrogens is 2. The van der Waals surface area contributed by atoms with Crippen LogP contribution in [0.5, 0.6) is 0 Å². The molecule has 0 aliphatic heterocycles. The largest absolute Gasteiger partial charge is 0.337 e. The number of H-pyrrole nitrogens is 1. The fourth-order valence-electron chi connectivity index (χ4n) is 1.58. The predicted octanol–water partition coefficient (Wildman–Crippen LogP) is 3.01. The van der Waals surface area contributed by atoms with E-state index in [-0.39, 0.29) is 5.54 Å². The van der Waals surface area contributed by atoms with Crippen LogP contribution in [0.3, 0.4) is 0 Å². The van der Waals surface area contributed by atoms with E-state index in [9.17, 15) is 0 Å². The molecule has 3 nitrogen and oxygen atoms in total. The van der Waals surface area contributed by atoms with Crippen molar-refractivity contribution in [3.05, 3.63) is 16.7 Å². The van der Waals surface area contributed by atoms with Crippen LogP contribution in [0.4, 0.5) is 0 Å². The normalized spacial score (nSPS) is 12.8. The summed E-state index contributed by atoms with van der Waals surface area (Å²) < 4.78 is 3.03. The summed E-state index contributed by atoms with van der Waals surface area (Å²) in [6, 6.07) is 0. The van der Waals surface area contributed by atoms with Gasteiger partial charge >= 0.3 is 0 Å². The summed E-state index contributed by atoms with van der Waals surface area (Å²) in [4.78, 5) is 5.37. The number of hydrogen-bond donors (Lipinski definition) is 1. The Morgan fingerprint density at radius 3 is 2.44 bits per heavy atom. The standard InChI is InChI=1S/C12H23N3S/c1-9(2)10-7-13-11(16)15(10)8-12(3,4)14(5)6/h7,9H,8H2,1-6H3,(H,13,16). The van der Waals surface area contributed by atoms with Crippen LogP contribution in [0.1, 0.15) is 39.3 Å². The molecule has 0 saturated carbocycles. The van der Waals surface area contributed by atoms with Crippen LogP contribution in [0.15, 0.2) is 6.20 Å². The van der Waals surface area contributed by atoms with E-state index in [0.717, 1.165) is 11.3 Å². The molecule has 0 aliphatic rings. The van der Waals surface area contributed by atoms with Gasteiger partial charge in [0.1, 0.15) is 0 Å². The molecule has 1 N–H and O–H groups in total. The fraction of sp³-hybridized carbons (Fsp3) is 0.750. The second-order valence-corrected chi connectivity index (χ2v) is 5.85.